The summed E-state index contributed by atoms with van der Waals surface area (Å²) < 4.78 is 43.0. The average Bonchev–Trinajstić information content (AvgIpc) is 3.23. The number of amides is 2. The van der Waals surface area contributed by atoms with Gasteiger partial charge in [-0.1, -0.05) is 86.1 Å². The Hall–Kier alpha value is -4.24. The van der Waals surface area contributed by atoms with Gasteiger partial charge >= 0.3 is 0 Å². The summed E-state index contributed by atoms with van der Waals surface area (Å²) in [6.45, 7) is 2.51. The summed E-state index contributed by atoms with van der Waals surface area (Å²) in [6.07, 6.45) is 2.17. The van der Waals surface area contributed by atoms with E-state index in [9.17, 15) is 22.4 Å². The lowest BCUT2D eigenvalue weighted by Gasteiger charge is -2.32. The number of nitrogens with one attached hydrogen (secondary N) is 1. The molecule has 4 aromatic rings. The molecule has 0 bridgehead atoms. The highest BCUT2D eigenvalue weighted by Crippen LogP contribution is 2.42. The van der Waals surface area contributed by atoms with E-state index in [0.717, 1.165) is 23.8 Å². The smallest absolute Gasteiger partial charge is 0.265 e. The van der Waals surface area contributed by atoms with Crippen LogP contribution in [0.3, 0.4) is 0 Å². The zero-order valence-electron chi connectivity index (χ0n) is 24.2. The summed E-state index contributed by atoms with van der Waals surface area (Å²) in [5.41, 5.74) is 1.78. The quantitative estimate of drug-likeness (QED) is 0.196. The zero-order chi connectivity index (χ0) is 30.4. The van der Waals surface area contributed by atoms with E-state index in [0.29, 0.717) is 23.2 Å². The summed E-state index contributed by atoms with van der Waals surface area (Å²) in [6, 6.07) is 25.5. The molecule has 0 fully saturated rings. The lowest BCUT2D eigenvalue weighted by molar-refractivity contribution is -0.141. The van der Waals surface area contributed by atoms with Crippen molar-refractivity contribution >= 4 is 38.3 Å². The second kappa shape index (κ2) is 13.4. The Morgan fingerprint density at radius 3 is 2.37 bits per heavy atom. The van der Waals surface area contributed by atoms with Gasteiger partial charge in [-0.05, 0) is 42.0 Å². The van der Waals surface area contributed by atoms with Crippen molar-refractivity contribution in [1.29, 1.82) is 0 Å². The highest BCUT2D eigenvalue weighted by atomic mass is 32.2. The Morgan fingerprint density at radius 1 is 0.907 bits per heavy atom. The minimum absolute atomic E-state index is 0.0136. The van der Waals surface area contributed by atoms with Gasteiger partial charge in [-0.25, -0.2) is 12.8 Å². The van der Waals surface area contributed by atoms with E-state index in [1.54, 1.807) is 36.4 Å². The number of hydrogen-bond acceptors (Lipinski definition) is 4. The van der Waals surface area contributed by atoms with Crippen LogP contribution >= 0.6 is 0 Å². The summed E-state index contributed by atoms with van der Waals surface area (Å²) >= 11 is 0. The molecular weight excluding hydrogens is 565 g/mol. The highest BCUT2D eigenvalue weighted by Gasteiger charge is 2.36. The van der Waals surface area contributed by atoms with Crippen molar-refractivity contribution in [2.75, 3.05) is 17.4 Å². The van der Waals surface area contributed by atoms with Crippen molar-refractivity contribution in [3.05, 3.63) is 108 Å². The predicted molar refractivity (Wildman–Crippen MR) is 167 cm³/mol. The number of carbonyl (C=O) groups excluding carboxylic acids is 2. The van der Waals surface area contributed by atoms with Crippen LogP contribution in [0.5, 0.6) is 0 Å². The number of nitrogens with zero attached hydrogens (tertiary/aromatic N) is 2. The normalized spacial score (nSPS) is 14.0. The fourth-order valence-electron chi connectivity index (χ4n) is 5.59. The Morgan fingerprint density at radius 2 is 1.63 bits per heavy atom. The maximum atomic E-state index is 14.8. The average molecular weight is 602 g/mol. The SMILES string of the molecule is CCCCNC(=O)[C@H](Cc1ccccc1)N(Cc1ccccc1F)C(=O)CCCN1c2cccc3cccc(c23)S1(=O)=O. The number of anilines is 1. The van der Waals surface area contributed by atoms with E-state index >= 15 is 0 Å². The minimum atomic E-state index is -3.76. The van der Waals surface area contributed by atoms with E-state index in [1.165, 1.54) is 15.3 Å². The minimum Gasteiger partial charge on any atom is -0.354 e. The molecule has 7 nitrogen and oxygen atoms in total. The molecule has 0 unspecified atom stereocenters. The van der Waals surface area contributed by atoms with Gasteiger partial charge in [0.15, 0.2) is 0 Å². The molecule has 0 aliphatic carbocycles. The Bertz CT molecular complexity index is 1710. The van der Waals surface area contributed by atoms with Gasteiger partial charge in [0.05, 0.1) is 10.6 Å². The predicted octanol–water partition coefficient (Wildman–Crippen LogP) is 5.82. The first-order chi connectivity index (χ1) is 20.8. The van der Waals surface area contributed by atoms with Crippen LogP contribution in [0.4, 0.5) is 10.1 Å². The standard InChI is InChI=1S/C34H36FN3O4S/c1-2-3-21-36-34(40)30(23-25-12-5-4-6-13-25)37(24-27-14-7-8-17-28(27)35)32(39)20-11-22-38-29-18-9-15-26-16-10-19-31(33(26)29)43(38,41)42/h4-10,12-19,30H,2-3,11,20-24H2,1H3,(H,36,40)/t30-/m0/s1. The molecule has 224 valence electrons. The van der Waals surface area contributed by atoms with E-state index in [4.69, 9.17) is 0 Å². The monoisotopic (exact) mass is 601 g/mol. The first-order valence-electron chi connectivity index (χ1n) is 14.7. The van der Waals surface area contributed by atoms with Crippen LogP contribution in [0.1, 0.15) is 43.7 Å². The number of unbranched alkanes of at least 4 members (excludes halogenated alkanes) is 1. The molecule has 43 heavy (non-hydrogen) atoms. The van der Waals surface area contributed by atoms with Gasteiger partial charge in [0.25, 0.3) is 10.0 Å². The Labute approximate surface area is 252 Å². The van der Waals surface area contributed by atoms with Crippen LogP contribution < -0.4 is 9.62 Å². The van der Waals surface area contributed by atoms with Crippen molar-refractivity contribution in [3.63, 3.8) is 0 Å². The summed E-state index contributed by atoms with van der Waals surface area (Å²) in [7, 11) is -3.76. The van der Waals surface area contributed by atoms with Crippen molar-refractivity contribution in [2.24, 2.45) is 0 Å². The molecule has 9 heteroatoms. The van der Waals surface area contributed by atoms with E-state index in [1.807, 2.05) is 55.5 Å². The van der Waals surface area contributed by atoms with Crippen molar-refractivity contribution in [1.82, 2.24) is 10.2 Å². The summed E-state index contributed by atoms with van der Waals surface area (Å²) in [5.74, 6) is -1.10. The molecule has 5 rings (SSSR count). The van der Waals surface area contributed by atoms with Gasteiger partial charge in [0, 0.05) is 43.4 Å². The molecule has 1 aliphatic heterocycles. The molecule has 0 spiro atoms. The molecule has 1 heterocycles. The molecule has 0 saturated carbocycles. The van der Waals surface area contributed by atoms with E-state index in [2.05, 4.69) is 5.32 Å². The zero-order valence-corrected chi connectivity index (χ0v) is 25.0. The topological polar surface area (TPSA) is 86.8 Å². The molecule has 0 aromatic heterocycles. The van der Waals surface area contributed by atoms with Crippen LogP contribution in [0.15, 0.2) is 95.9 Å². The molecule has 2 amide bonds. The van der Waals surface area contributed by atoms with Gasteiger partial charge in [0.2, 0.25) is 11.8 Å². The second-order valence-corrected chi connectivity index (χ2v) is 12.6. The van der Waals surface area contributed by atoms with E-state index < -0.39 is 21.9 Å². The van der Waals surface area contributed by atoms with Crippen molar-refractivity contribution in [2.45, 2.75) is 56.5 Å². The number of rotatable bonds is 13. The number of sulfonamides is 1. The molecule has 1 atom stereocenters. The third kappa shape index (κ3) is 6.57. The fourth-order valence-corrected chi connectivity index (χ4v) is 7.34. The largest absolute Gasteiger partial charge is 0.354 e. The van der Waals surface area contributed by atoms with Gasteiger partial charge < -0.3 is 10.2 Å². The number of halogens is 1. The van der Waals surface area contributed by atoms with Crippen molar-refractivity contribution < 1.29 is 22.4 Å². The maximum Gasteiger partial charge on any atom is 0.265 e. The third-order valence-corrected chi connectivity index (χ3v) is 9.69. The van der Waals surface area contributed by atoms with Crippen LogP contribution in [0.25, 0.3) is 10.8 Å². The van der Waals surface area contributed by atoms with Crippen LogP contribution in [0, 0.1) is 5.82 Å². The molecule has 1 aliphatic rings. The number of benzene rings is 4. The van der Waals surface area contributed by atoms with Gasteiger partial charge in [-0.2, -0.15) is 0 Å². The first-order valence-corrected chi connectivity index (χ1v) is 16.1. The first kappa shape index (κ1) is 30.2. The lowest BCUT2D eigenvalue weighted by atomic mass is 10.0. The fraction of sp³-hybridized carbons (Fsp3) is 0.294. The molecular formula is C34H36FN3O4S. The number of carbonyl (C=O) groups is 2. The maximum absolute atomic E-state index is 14.8. The Balaban J connectivity index is 1.39. The molecule has 0 radical (unpaired) electrons. The van der Waals surface area contributed by atoms with Crippen LogP contribution in [0.2, 0.25) is 0 Å². The summed E-state index contributed by atoms with van der Waals surface area (Å²) in [5, 5.41) is 4.48. The van der Waals surface area contributed by atoms with Gasteiger partial charge in [0.1, 0.15) is 11.9 Å². The van der Waals surface area contributed by atoms with Gasteiger partial charge in [-0.3, -0.25) is 13.9 Å². The molecule has 0 saturated heterocycles. The van der Waals surface area contributed by atoms with E-state index in [-0.39, 0.29) is 49.1 Å². The Kier molecular flexibility index (Phi) is 9.40. The van der Waals surface area contributed by atoms with Crippen LogP contribution in [-0.4, -0.2) is 44.3 Å². The summed E-state index contributed by atoms with van der Waals surface area (Å²) in [4.78, 5) is 29.2. The van der Waals surface area contributed by atoms with Crippen molar-refractivity contribution in [3.8, 4) is 0 Å². The number of hydrogen-bond donors (Lipinski definition) is 1. The third-order valence-electron chi connectivity index (χ3n) is 7.83. The molecule has 1 N–H and O–H groups in total. The second-order valence-electron chi connectivity index (χ2n) is 10.8. The van der Waals surface area contributed by atoms with Crippen LogP contribution in [-0.2, 0) is 32.6 Å². The molecule has 4 aromatic carbocycles. The highest BCUT2D eigenvalue weighted by molar-refractivity contribution is 7.93. The lowest BCUT2D eigenvalue weighted by Crippen LogP contribution is -2.50. The van der Waals surface area contributed by atoms with Gasteiger partial charge in [-0.15, -0.1) is 0 Å².